The van der Waals surface area contributed by atoms with Crippen LogP contribution in [-0.4, -0.2) is 53.8 Å². The monoisotopic (exact) mass is 571 g/mol. The molecule has 4 rings (SSSR count). The van der Waals surface area contributed by atoms with Crippen molar-refractivity contribution >= 4 is 37.3 Å². The number of hydrogen-bond donors (Lipinski definition) is 1. The number of hydrogen-bond acceptors (Lipinski definition) is 6. The van der Waals surface area contributed by atoms with E-state index in [2.05, 4.69) is 5.32 Å². The molecule has 0 spiro atoms. The smallest absolute Gasteiger partial charge is 0.264 e. The molecule has 1 fully saturated rings. The zero-order valence-electron chi connectivity index (χ0n) is 22.0. The van der Waals surface area contributed by atoms with Gasteiger partial charge >= 0.3 is 0 Å². The number of benzene rings is 3. The van der Waals surface area contributed by atoms with Gasteiger partial charge in [-0.15, -0.1) is 0 Å². The lowest BCUT2D eigenvalue weighted by Crippen LogP contribution is -2.38. The van der Waals surface area contributed by atoms with Crippen LogP contribution in [0.25, 0.3) is 0 Å². The van der Waals surface area contributed by atoms with Gasteiger partial charge in [0.25, 0.3) is 10.0 Å². The zero-order valence-corrected chi connectivity index (χ0v) is 23.7. The van der Waals surface area contributed by atoms with Gasteiger partial charge in [-0.2, -0.15) is 4.31 Å². The second kappa shape index (κ2) is 12.2. The highest BCUT2D eigenvalue weighted by Crippen LogP contribution is 2.31. The maximum Gasteiger partial charge on any atom is 0.264 e. The van der Waals surface area contributed by atoms with Crippen LogP contribution >= 0.6 is 0 Å². The number of ether oxygens (including phenoxy) is 1. The fraction of sp³-hybridized carbons (Fsp3) is 0.321. The summed E-state index contributed by atoms with van der Waals surface area (Å²) in [6.45, 7) is 2.33. The predicted octanol–water partition coefficient (Wildman–Crippen LogP) is 4.27. The molecule has 0 bridgehead atoms. The Hall–Kier alpha value is -3.41. The van der Waals surface area contributed by atoms with Crippen LogP contribution in [0.3, 0.4) is 0 Å². The van der Waals surface area contributed by atoms with E-state index in [1.807, 2.05) is 19.1 Å². The molecule has 1 saturated heterocycles. The second-order valence-electron chi connectivity index (χ2n) is 9.22. The van der Waals surface area contributed by atoms with E-state index in [1.165, 1.54) is 41.7 Å². The van der Waals surface area contributed by atoms with Crippen molar-refractivity contribution in [3.63, 3.8) is 0 Å². The van der Waals surface area contributed by atoms with Crippen molar-refractivity contribution in [3.8, 4) is 5.75 Å². The van der Waals surface area contributed by atoms with E-state index in [0.717, 1.165) is 35.6 Å². The molecule has 1 aliphatic heterocycles. The van der Waals surface area contributed by atoms with Gasteiger partial charge in [0.2, 0.25) is 15.9 Å². The first kappa shape index (κ1) is 28.6. The molecule has 1 N–H and O–H groups in total. The minimum atomic E-state index is -4.07. The van der Waals surface area contributed by atoms with Gasteiger partial charge in [-0.3, -0.25) is 9.10 Å². The van der Waals surface area contributed by atoms with Crippen LogP contribution in [-0.2, 0) is 31.3 Å². The van der Waals surface area contributed by atoms with E-state index >= 15 is 0 Å². The normalized spacial score (nSPS) is 14.5. The molecular formula is C28H33N3O6S2. The minimum absolute atomic E-state index is 0.0476. The molecule has 208 valence electrons. The summed E-state index contributed by atoms with van der Waals surface area (Å²) in [5, 5.41) is 2.67. The topological polar surface area (TPSA) is 113 Å². The lowest BCUT2D eigenvalue weighted by Gasteiger charge is -2.27. The van der Waals surface area contributed by atoms with Gasteiger partial charge in [0, 0.05) is 18.8 Å². The van der Waals surface area contributed by atoms with E-state index in [9.17, 15) is 21.6 Å². The van der Waals surface area contributed by atoms with E-state index in [4.69, 9.17) is 4.74 Å². The third-order valence-electron chi connectivity index (χ3n) is 6.63. The molecule has 39 heavy (non-hydrogen) atoms. The molecular weight excluding hydrogens is 538 g/mol. The highest BCUT2D eigenvalue weighted by molar-refractivity contribution is 7.92. The Balaban J connectivity index is 1.63. The molecule has 3 aromatic rings. The summed E-state index contributed by atoms with van der Waals surface area (Å²) in [5.74, 6) is -0.455. The van der Waals surface area contributed by atoms with Crippen LogP contribution in [0.1, 0.15) is 31.7 Å². The number of amides is 1. The molecule has 0 aromatic heterocycles. The average Bonchev–Trinajstić information content (AvgIpc) is 2.97. The van der Waals surface area contributed by atoms with Crippen LogP contribution in [0, 0.1) is 0 Å². The Bertz CT molecular complexity index is 1500. The summed E-state index contributed by atoms with van der Waals surface area (Å²) in [4.78, 5) is 13.2. The van der Waals surface area contributed by atoms with E-state index < -0.39 is 32.5 Å². The van der Waals surface area contributed by atoms with E-state index in [-0.39, 0.29) is 21.2 Å². The summed E-state index contributed by atoms with van der Waals surface area (Å²) in [6, 6.07) is 19.2. The number of carbonyl (C=O) groups excluding carboxylic acids is 1. The third-order valence-corrected chi connectivity index (χ3v) is 10.3. The van der Waals surface area contributed by atoms with Crippen molar-refractivity contribution in [3.05, 3.63) is 78.4 Å². The van der Waals surface area contributed by atoms with Gasteiger partial charge in [0.15, 0.2) is 0 Å². The lowest BCUT2D eigenvalue weighted by molar-refractivity contribution is -0.114. The van der Waals surface area contributed by atoms with Gasteiger partial charge in [0.1, 0.15) is 17.2 Å². The molecule has 1 aliphatic rings. The molecule has 1 heterocycles. The standard InChI is InChI=1S/C28H33N3O6S2/c1-3-22-12-15-24(16-13-22)31(38(33,34)25-10-6-4-7-11-25)21-28(32)29-23-14-17-26(37-2)27(20-23)39(35,36)30-18-8-5-9-19-30/h4,6-7,10-17,20H,3,5,8-9,18-19,21H2,1-2H3,(H,29,32). The lowest BCUT2D eigenvalue weighted by atomic mass is 10.1. The third kappa shape index (κ3) is 6.43. The fourth-order valence-electron chi connectivity index (χ4n) is 4.46. The van der Waals surface area contributed by atoms with Gasteiger partial charge in [-0.25, -0.2) is 16.8 Å². The van der Waals surface area contributed by atoms with Crippen LogP contribution in [0.15, 0.2) is 82.6 Å². The summed E-state index contributed by atoms with van der Waals surface area (Å²) >= 11 is 0. The number of piperidine rings is 1. The highest BCUT2D eigenvalue weighted by Gasteiger charge is 2.30. The maximum atomic E-state index is 13.6. The summed E-state index contributed by atoms with van der Waals surface area (Å²) < 4.78 is 61.6. The maximum absolute atomic E-state index is 13.6. The van der Waals surface area contributed by atoms with Gasteiger partial charge in [-0.05, 0) is 67.3 Å². The van der Waals surface area contributed by atoms with Gasteiger partial charge in [0.05, 0.1) is 17.7 Å². The minimum Gasteiger partial charge on any atom is -0.495 e. The number of rotatable bonds is 10. The summed E-state index contributed by atoms with van der Waals surface area (Å²) in [5.41, 5.74) is 1.59. The molecule has 1 amide bonds. The number of nitrogens with one attached hydrogen (secondary N) is 1. The van der Waals surface area contributed by atoms with Crippen LogP contribution in [0.2, 0.25) is 0 Å². The van der Waals surface area contributed by atoms with Gasteiger partial charge < -0.3 is 10.1 Å². The first-order valence-electron chi connectivity index (χ1n) is 12.8. The van der Waals surface area contributed by atoms with Crippen LogP contribution in [0.5, 0.6) is 5.75 Å². The Labute approximate surface area is 230 Å². The van der Waals surface area contributed by atoms with Crippen molar-refractivity contribution in [1.29, 1.82) is 0 Å². The first-order chi connectivity index (χ1) is 18.7. The molecule has 0 atom stereocenters. The molecule has 0 saturated carbocycles. The van der Waals surface area contributed by atoms with Gasteiger partial charge in [-0.1, -0.05) is 43.7 Å². The number of nitrogens with zero attached hydrogens (tertiary/aromatic N) is 2. The predicted molar refractivity (Wildman–Crippen MR) is 151 cm³/mol. The number of sulfonamides is 2. The van der Waals surface area contributed by atoms with Crippen molar-refractivity contribution in [2.45, 2.75) is 42.4 Å². The molecule has 0 aliphatic carbocycles. The Morgan fingerprint density at radius 2 is 1.59 bits per heavy atom. The van der Waals surface area contributed by atoms with E-state index in [0.29, 0.717) is 18.8 Å². The molecule has 11 heteroatoms. The van der Waals surface area contributed by atoms with Crippen LogP contribution < -0.4 is 14.4 Å². The Kier molecular flexibility index (Phi) is 8.94. The molecule has 0 unspecified atom stereocenters. The second-order valence-corrected chi connectivity index (χ2v) is 13.0. The SMILES string of the molecule is CCc1ccc(N(CC(=O)Nc2ccc(OC)c(S(=O)(=O)N3CCCCC3)c2)S(=O)(=O)c2ccccc2)cc1. The first-order valence-corrected chi connectivity index (χ1v) is 15.7. The van der Waals surface area contributed by atoms with Crippen molar-refractivity contribution in [1.82, 2.24) is 4.31 Å². The fourth-order valence-corrected chi connectivity index (χ4v) is 7.60. The van der Waals surface area contributed by atoms with Crippen LogP contribution in [0.4, 0.5) is 11.4 Å². The largest absolute Gasteiger partial charge is 0.495 e. The Morgan fingerprint density at radius 1 is 0.923 bits per heavy atom. The van der Waals surface area contributed by atoms with E-state index in [1.54, 1.807) is 30.3 Å². The molecule has 3 aromatic carbocycles. The number of methoxy groups -OCH3 is 1. The van der Waals surface area contributed by atoms with Crippen molar-refractivity contribution in [2.75, 3.05) is 36.4 Å². The Morgan fingerprint density at radius 3 is 2.21 bits per heavy atom. The quantitative estimate of drug-likeness (QED) is 0.389. The molecule has 9 nitrogen and oxygen atoms in total. The molecule has 0 radical (unpaired) electrons. The summed E-state index contributed by atoms with van der Waals surface area (Å²) in [6.07, 6.45) is 3.32. The number of anilines is 2. The number of aryl methyl sites for hydroxylation is 1. The zero-order chi connectivity index (χ0) is 28.0. The number of carbonyl (C=O) groups is 1. The van der Waals surface area contributed by atoms with Crippen molar-refractivity contribution in [2.24, 2.45) is 0 Å². The average molecular weight is 572 g/mol. The highest BCUT2D eigenvalue weighted by atomic mass is 32.2. The summed E-state index contributed by atoms with van der Waals surface area (Å²) in [7, 11) is -6.52. The van der Waals surface area contributed by atoms with Crippen molar-refractivity contribution < 1.29 is 26.4 Å².